The molecule has 0 aromatic heterocycles. The summed E-state index contributed by atoms with van der Waals surface area (Å²) in [6, 6.07) is 3.81. The van der Waals surface area contributed by atoms with E-state index in [4.69, 9.17) is 0 Å². The highest BCUT2D eigenvalue weighted by molar-refractivity contribution is 7.91. The molecule has 2 atom stereocenters. The van der Waals surface area contributed by atoms with Crippen molar-refractivity contribution < 1.29 is 26.0 Å². The molecule has 7 nitrogen and oxygen atoms in total. The molecule has 1 unspecified atom stereocenters. The fourth-order valence-corrected chi connectivity index (χ4v) is 6.06. The molecule has 2 N–H and O–H groups in total. The van der Waals surface area contributed by atoms with Crippen LogP contribution in [0.3, 0.4) is 0 Å². The normalized spacial score (nSPS) is 20.8. The van der Waals surface area contributed by atoms with Crippen LogP contribution in [0.1, 0.15) is 20.3 Å². The van der Waals surface area contributed by atoms with Gasteiger partial charge in [0.1, 0.15) is 16.8 Å². The molecule has 2 rings (SSSR count). The molecule has 1 aromatic rings. The third kappa shape index (κ3) is 5.24. The van der Waals surface area contributed by atoms with Gasteiger partial charge >= 0.3 is 0 Å². The molecule has 1 heterocycles. The molecule has 0 radical (unpaired) electrons. The lowest BCUT2D eigenvalue weighted by molar-refractivity contribution is -0.123. The predicted molar refractivity (Wildman–Crippen MR) is 95.1 cm³/mol. The summed E-state index contributed by atoms with van der Waals surface area (Å²) in [5.74, 6) is -1.92. The molecular formula is C16H23FN2O5S2. The molecule has 146 valence electrons. The van der Waals surface area contributed by atoms with Crippen LogP contribution in [0.2, 0.25) is 0 Å². The molecule has 10 heteroatoms. The fourth-order valence-electron chi connectivity index (χ4n) is 2.77. The summed E-state index contributed by atoms with van der Waals surface area (Å²) in [5.41, 5.74) is 0. The lowest BCUT2D eigenvalue weighted by atomic mass is 10.0. The first-order chi connectivity index (χ1) is 12.0. The van der Waals surface area contributed by atoms with E-state index in [1.807, 2.05) is 0 Å². The van der Waals surface area contributed by atoms with Crippen LogP contribution in [0.15, 0.2) is 29.2 Å². The smallest absolute Gasteiger partial charge is 0.244 e. The average Bonchev–Trinajstić information content (AvgIpc) is 2.89. The van der Waals surface area contributed by atoms with Gasteiger partial charge in [-0.05, 0) is 30.4 Å². The van der Waals surface area contributed by atoms with Crippen LogP contribution in [0.25, 0.3) is 0 Å². The summed E-state index contributed by atoms with van der Waals surface area (Å²) < 4.78 is 63.8. The van der Waals surface area contributed by atoms with E-state index in [1.165, 1.54) is 12.1 Å². The van der Waals surface area contributed by atoms with Crippen LogP contribution in [-0.2, 0) is 24.7 Å². The standard InChI is InChI=1S/C16H23FN2O5S2/c1-11(2)15(16(20)18-9-12-7-8-25(21,22)10-12)19-26(23,24)14-6-4-3-5-13(14)17/h3-6,11-12,15,19H,7-10H2,1-2H3,(H,18,20)/t12?,15-/m0/s1. The number of hydrogen-bond acceptors (Lipinski definition) is 5. The fraction of sp³-hybridized carbons (Fsp3) is 0.562. The van der Waals surface area contributed by atoms with E-state index in [0.29, 0.717) is 6.42 Å². The van der Waals surface area contributed by atoms with E-state index in [2.05, 4.69) is 10.0 Å². The maximum Gasteiger partial charge on any atom is 0.244 e. The first kappa shape index (κ1) is 20.8. The quantitative estimate of drug-likeness (QED) is 0.692. The molecule has 0 bridgehead atoms. The van der Waals surface area contributed by atoms with Crippen molar-refractivity contribution >= 4 is 25.8 Å². The zero-order valence-corrected chi connectivity index (χ0v) is 16.2. The summed E-state index contributed by atoms with van der Waals surface area (Å²) in [6.45, 7) is 3.48. The van der Waals surface area contributed by atoms with E-state index < -0.39 is 42.5 Å². The van der Waals surface area contributed by atoms with Gasteiger partial charge in [0, 0.05) is 6.54 Å². The molecular weight excluding hydrogens is 383 g/mol. The Morgan fingerprint density at radius 2 is 1.96 bits per heavy atom. The lowest BCUT2D eigenvalue weighted by Crippen LogP contribution is -2.50. The Kier molecular flexibility index (Phi) is 6.41. The van der Waals surface area contributed by atoms with Gasteiger partial charge in [-0.1, -0.05) is 26.0 Å². The van der Waals surface area contributed by atoms with Crippen molar-refractivity contribution in [3.8, 4) is 0 Å². The molecule has 1 saturated heterocycles. The highest BCUT2D eigenvalue weighted by Gasteiger charge is 2.32. The Labute approximate surface area is 153 Å². The number of halogens is 1. The lowest BCUT2D eigenvalue weighted by Gasteiger charge is -2.22. The van der Waals surface area contributed by atoms with E-state index >= 15 is 0 Å². The molecule has 0 aliphatic carbocycles. The summed E-state index contributed by atoms with van der Waals surface area (Å²) in [5, 5.41) is 2.61. The number of carbonyl (C=O) groups is 1. The van der Waals surface area contributed by atoms with Gasteiger partial charge < -0.3 is 5.32 Å². The number of sulfonamides is 1. The van der Waals surface area contributed by atoms with Crippen LogP contribution in [-0.4, -0.2) is 46.8 Å². The number of amides is 1. The van der Waals surface area contributed by atoms with Gasteiger partial charge in [-0.25, -0.2) is 21.2 Å². The minimum atomic E-state index is -4.22. The number of sulfone groups is 1. The summed E-state index contributed by atoms with van der Waals surface area (Å²) in [6.07, 6.45) is 0.468. The maximum absolute atomic E-state index is 13.8. The SMILES string of the molecule is CC(C)[C@H](NS(=O)(=O)c1ccccc1F)C(=O)NCC1CCS(=O)(=O)C1. The van der Waals surface area contributed by atoms with Gasteiger partial charge in [0.15, 0.2) is 9.84 Å². The van der Waals surface area contributed by atoms with E-state index in [9.17, 15) is 26.0 Å². The number of nitrogens with one attached hydrogen (secondary N) is 2. The van der Waals surface area contributed by atoms with E-state index in [-0.39, 0.29) is 29.9 Å². The zero-order valence-electron chi connectivity index (χ0n) is 14.6. The van der Waals surface area contributed by atoms with Crippen molar-refractivity contribution in [2.75, 3.05) is 18.1 Å². The van der Waals surface area contributed by atoms with Gasteiger partial charge in [-0.3, -0.25) is 4.79 Å². The van der Waals surface area contributed by atoms with Crippen molar-refractivity contribution in [1.29, 1.82) is 0 Å². The number of rotatable bonds is 7. The van der Waals surface area contributed by atoms with E-state index in [0.717, 1.165) is 12.1 Å². The number of carbonyl (C=O) groups excluding carboxylic acids is 1. The minimum absolute atomic E-state index is 0.0145. The second-order valence-corrected chi connectivity index (χ2v) is 10.7. The first-order valence-corrected chi connectivity index (χ1v) is 11.6. The van der Waals surface area contributed by atoms with Crippen molar-refractivity contribution in [3.63, 3.8) is 0 Å². The van der Waals surface area contributed by atoms with Gasteiger partial charge in [0.2, 0.25) is 15.9 Å². The monoisotopic (exact) mass is 406 g/mol. The van der Waals surface area contributed by atoms with Crippen molar-refractivity contribution in [1.82, 2.24) is 10.0 Å². The molecule has 0 spiro atoms. The Balaban J connectivity index is 2.06. The summed E-state index contributed by atoms with van der Waals surface area (Å²) in [7, 11) is -7.27. The Hall–Kier alpha value is -1.52. The maximum atomic E-state index is 13.8. The summed E-state index contributed by atoms with van der Waals surface area (Å²) in [4.78, 5) is 11.9. The molecule has 26 heavy (non-hydrogen) atoms. The van der Waals surface area contributed by atoms with Crippen LogP contribution >= 0.6 is 0 Å². The van der Waals surface area contributed by atoms with Crippen molar-refractivity contribution in [2.24, 2.45) is 11.8 Å². The molecule has 1 aromatic carbocycles. The first-order valence-electron chi connectivity index (χ1n) is 8.27. The van der Waals surface area contributed by atoms with Crippen LogP contribution < -0.4 is 10.0 Å². The van der Waals surface area contributed by atoms with Crippen molar-refractivity contribution in [2.45, 2.75) is 31.2 Å². The third-order valence-corrected chi connectivity index (χ3v) is 7.56. The Bertz CT molecular complexity index is 868. The number of benzene rings is 1. The van der Waals surface area contributed by atoms with Crippen molar-refractivity contribution in [3.05, 3.63) is 30.1 Å². The summed E-state index contributed by atoms with van der Waals surface area (Å²) >= 11 is 0. The third-order valence-electron chi connectivity index (χ3n) is 4.25. The Morgan fingerprint density at radius 3 is 2.50 bits per heavy atom. The van der Waals surface area contributed by atoms with Crippen LogP contribution in [0.5, 0.6) is 0 Å². The molecule has 1 aliphatic rings. The van der Waals surface area contributed by atoms with Gasteiger partial charge in [0.05, 0.1) is 11.5 Å². The molecule has 1 fully saturated rings. The second-order valence-electron chi connectivity index (χ2n) is 6.79. The Morgan fingerprint density at radius 1 is 1.31 bits per heavy atom. The molecule has 1 aliphatic heterocycles. The predicted octanol–water partition coefficient (Wildman–Crippen LogP) is 0.680. The largest absolute Gasteiger partial charge is 0.354 e. The highest BCUT2D eigenvalue weighted by Crippen LogP contribution is 2.18. The molecule has 0 saturated carbocycles. The van der Waals surface area contributed by atoms with Gasteiger partial charge in [0.25, 0.3) is 0 Å². The second kappa shape index (κ2) is 8.01. The van der Waals surface area contributed by atoms with Gasteiger partial charge in [-0.2, -0.15) is 4.72 Å². The van der Waals surface area contributed by atoms with Crippen LogP contribution in [0, 0.1) is 17.7 Å². The highest BCUT2D eigenvalue weighted by atomic mass is 32.2. The molecule has 1 amide bonds. The number of hydrogen-bond donors (Lipinski definition) is 2. The van der Waals surface area contributed by atoms with Gasteiger partial charge in [-0.15, -0.1) is 0 Å². The topological polar surface area (TPSA) is 109 Å². The average molecular weight is 407 g/mol. The zero-order chi connectivity index (χ0) is 19.5. The minimum Gasteiger partial charge on any atom is -0.354 e. The van der Waals surface area contributed by atoms with E-state index in [1.54, 1.807) is 13.8 Å². The van der Waals surface area contributed by atoms with Crippen LogP contribution in [0.4, 0.5) is 4.39 Å².